The summed E-state index contributed by atoms with van der Waals surface area (Å²) in [7, 11) is 0. The van der Waals surface area contributed by atoms with Gasteiger partial charge in [-0.05, 0) is 31.2 Å². The number of carbonyl (C=O) groups excluding carboxylic acids is 1. The predicted octanol–water partition coefficient (Wildman–Crippen LogP) is 1.62. The highest BCUT2D eigenvalue weighted by atomic mass is 19.1. The van der Waals surface area contributed by atoms with Gasteiger partial charge < -0.3 is 14.9 Å². The van der Waals surface area contributed by atoms with Crippen LogP contribution in [-0.2, 0) is 0 Å². The molecule has 1 amide bonds. The number of aryl methyl sites for hydroxylation is 1. The van der Waals surface area contributed by atoms with Crippen molar-refractivity contribution in [1.82, 2.24) is 24.6 Å². The number of aromatic nitrogens is 5. The van der Waals surface area contributed by atoms with Crippen LogP contribution >= 0.6 is 0 Å². The van der Waals surface area contributed by atoms with Crippen molar-refractivity contribution < 1.29 is 24.1 Å². The Hall–Kier alpha value is -3.96. The number of benzene rings is 1. The fourth-order valence-electron chi connectivity index (χ4n) is 2.91. The van der Waals surface area contributed by atoms with E-state index in [1.165, 1.54) is 22.8 Å². The Balaban J connectivity index is 1.60. The summed E-state index contributed by atoms with van der Waals surface area (Å²) in [5.41, 5.74) is 1.65. The summed E-state index contributed by atoms with van der Waals surface area (Å²) in [6.45, 7) is 1.06. The summed E-state index contributed by atoms with van der Waals surface area (Å²) in [5, 5.41) is 25.2. The number of imidazole rings is 1. The number of amides is 1. The first kappa shape index (κ1) is 21.3. The van der Waals surface area contributed by atoms with Crippen LogP contribution in [0, 0.1) is 12.7 Å². The van der Waals surface area contributed by atoms with E-state index in [2.05, 4.69) is 25.4 Å². The third kappa shape index (κ3) is 4.53. The van der Waals surface area contributed by atoms with Crippen molar-refractivity contribution in [3.05, 3.63) is 65.9 Å². The molecule has 1 unspecified atom stereocenters. The van der Waals surface area contributed by atoms with Crippen molar-refractivity contribution >= 4 is 17.5 Å². The number of nitrogens with zero attached hydrogens (tertiary/aromatic N) is 5. The Kier molecular flexibility index (Phi) is 6.01. The standard InChI is InChI=1S/C21H19FN6O4/c1-12-8-19(32-11-13(30)10-29)25-21(24-12)26-20(31)17-9-23-18-7-6-16(27-28(17)18)14-4-2-3-5-15(14)22/h2-9,13,29-30H,10-11H2,1H3,(H,24,25,26,31). The van der Waals surface area contributed by atoms with Gasteiger partial charge in [-0.15, -0.1) is 0 Å². The first-order chi connectivity index (χ1) is 15.4. The molecule has 11 heteroatoms. The zero-order chi connectivity index (χ0) is 22.7. The number of ether oxygens (including phenoxy) is 1. The molecule has 3 aromatic heterocycles. The number of fused-ring (bicyclic) bond motifs is 1. The number of aliphatic hydroxyl groups excluding tert-OH is 2. The summed E-state index contributed by atoms with van der Waals surface area (Å²) < 4.78 is 20.8. The van der Waals surface area contributed by atoms with Crippen LogP contribution in [-0.4, -0.2) is 60.0 Å². The monoisotopic (exact) mass is 438 g/mol. The molecule has 32 heavy (non-hydrogen) atoms. The zero-order valence-corrected chi connectivity index (χ0v) is 16.9. The summed E-state index contributed by atoms with van der Waals surface area (Å²) >= 11 is 0. The Morgan fingerprint density at radius 1 is 1.25 bits per heavy atom. The van der Waals surface area contributed by atoms with E-state index in [1.54, 1.807) is 37.3 Å². The van der Waals surface area contributed by atoms with Crippen molar-refractivity contribution in [2.24, 2.45) is 0 Å². The van der Waals surface area contributed by atoms with E-state index >= 15 is 0 Å². The SMILES string of the molecule is Cc1cc(OCC(O)CO)nc(NC(=O)c2cnc3ccc(-c4ccccc4F)nn23)n1. The molecule has 0 saturated carbocycles. The molecule has 0 aliphatic carbocycles. The topological polar surface area (TPSA) is 135 Å². The molecule has 3 heterocycles. The highest BCUT2D eigenvalue weighted by molar-refractivity contribution is 6.02. The second-order valence-corrected chi connectivity index (χ2v) is 6.88. The molecular formula is C21H19FN6O4. The van der Waals surface area contributed by atoms with Gasteiger partial charge in [0.2, 0.25) is 11.8 Å². The van der Waals surface area contributed by atoms with Gasteiger partial charge in [0.1, 0.15) is 18.5 Å². The number of aliphatic hydroxyl groups is 2. The highest BCUT2D eigenvalue weighted by Gasteiger charge is 2.17. The van der Waals surface area contributed by atoms with Crippen LogP contribution in [0.5, 0.6) is 5.88 Å². The maximum Gasteiger partial charge on any atom is 0.278 e. The fraction of sp³-hybridized carbons (Fsp3) is 0.190. The fourth-order valence-corrected chi connectivity index (χ4v) is 2.91. The lowest BCUT2D eigenvalue weighted by atomic mass is 10.1. The van der Waals surface area contributed by atoms with Gasteiger partial charge in [-0.1, -0.05) is 12.1 Å². The molecule has 0 aliphatic rings. The van der Waals surface area contributed by atoms with E-state index < -0.39 is 24.4 Å². The van der Waals surface area contributed by atoms with Crippen LogP contribution in [0.1, 0.15) is 16.2 Å². The number of hydrogen-bond donors (Lipinski definition) is 3. The molecule has 164 valence electrons. The molecule has 4 aromatic rings. The highest BCUT2D eigenvalue weighted by Crippen LogP contribution is 2.21. The minimum absolute atomic E-state index is 0.0244. The van der Waals surface area contributed by atoms with Gasteiger partial charge in [-0.25, -0.2) is 18.9 Å². The van der Waals surface area contributed by atoms with Gasteiger partial charge in [0.15, 0.2) is 11.3 Å². The molecule has 1 aromatic carbocycles. The van der Waals surface area contributed by atoms with Crippen molar-refractivity contribution in [1.29, 1.82) is 0 Å². The zero-order valence-electron chi connectivity index (χ0n) is 16.9. The van der Waals surface area contributed by atoms with Gasteiger partial charge in [-0.3, -0.25) is 10.1 Å². The van der Waals surface area contributed by atoms with Crippen LogP contribution in [0.25, 0.3) is 16.9 Å². The smallest absolute Gasteiger partial charge is 0.278 e. The van der Waals surface area contributed by atoms with Gasteiger partial charge in [0, 0.05) is 17.3 Å². The van der Waals surface area contributed by atoms with Gasteiger partial charge >= 0.3 is 0 Å². The number of hydrogen-bond acceptors (Lipinski definition) is 8. The molecule has 0 saturated heterocycles. The molecule has 0 radical (unpaired) electrons. The lowest BCUT2D eigenvalue weighted by molar-refractivity contribution is 0.0521. The quantitative estimate of drug-likeness (QED) is 0.396. The third-order valence-electron chi connectivity index (χ3n) is 4.44. The van der Waals surface area contributed by atoms with Crippen LogP contribution in [0.2, 0.25) is 0 Å². The van der Waals surface area contributed by atoms with E-state index in [0.29, 0.717) is 22.6 Å². The summed E-state index contributed by atoms with van der Waals surface area (Å²) in [6, 6.07) is 11.0. The molecule has 0 aliphatic heterocycles. The van der Waals surface area contributed by atoms with Crippen LogP contribution in [0.4, 0.5) is 10.3 Å². The maximum absolute atomic E-state index is 14.2. The first-order valence-electron chi connectivity index (χ1n) is 9.63. The van der Waals surface area contributed by atoms with E-state index in [1.807, 2.05) is 0 Å². The number of carbonyl (C=O) groups is 1. The molecule has 0 bridgehead atoms. The Labute approximate surface area is 181 Å². The molecule has 0 fully saturated rings. The molecular weight excluding hydrogens is 419 g/mol. The molecule has 1 atom stereocenters. The Bertz CT molecular complexity index is 1280. The summed E-state index contributed by atoms with van der Waals surface area (Å²) in [4.78, 5) is 25.3. The lowest BCUT2D eigenvalue weighted by Crippen LogP contribution is -2.22. The minimum Gasteiger partial charge on any atom is -0.475 e. The van der Waals surface area contributed by atoms with Crippen molar-refractivity contribution in [2.45, 2.75) is 13.0 Å². The van der Waals surface area contributed by atoms with Gasteiger partial charge in [0.25, 0.3) is 5.91 Å². The predicted molar refractivity (Wildman–Crippen MR) is 112 cm³/mol. The van der Waals surface area contributed by atoms with Crippen molar-refractivity contribution in [3.63, 3.8) is 0 Å². The number of anilines is 1. The van der Waals surface area contributed by atoms with E-state index in [-0.39, 0.29) is 24.1 Å². The minimum atomic E-state index is -1.06. The Morgan fingerprint density at radius 2 is 2.06 bits per heavy atom. The number of nitrogens with one attached hydrogen (secondary N) is 1. The molecule has 4 rings (SSSR count). The Morgan fingerprint density at radius 3 is 2.84 bits per heavy atom. The van der Waals surface area contributed by atoms with E-state index in [4.69, 9.17) is 9.84 Å². The molecule has 3 N–H and O–H groups in total. The second kappa shape index (κ2) is 9.04. The van der Waals surface area contributed by atoms with Gasteiger partial charge in [0.05, 0.1) is 18.5 Å². The lowest BCUT2D eigenvalue weighted by Gasteiger charge is -2.11. The van der Waals surface area contributed by atoms with Crippen LogP contribution in [0.15, 0.2) is 48.7 Å². The second-order valence-electron chi connectivity index (χ2n) is 6.88. The largest absolute Gasteiger partial charge is 0.475 e. The third-order valence-corrected chi connectivity index (χ3v) is 4.44. The average molecular weight is 438 g/mol. The average Bonchev–Trinajstić information content (AvgIpc) is 3.21. The van der Waals surface area contributed by atoms with Crippen LogP contribution < -0.4 is 10.1 Å². The van der Waals surface area contributed by atoms with E-state index in [0.717, 1.165) is 0 Å². The summed E-state index contributed by atoms with van der Waals surface area (Å²) in [6.07, 6.45) is 0.282. The molecule has 0 spiro atoms. The number of rotatable bonds is 7. The van der Waals surface area contributed by atoms with Crippen LogP contribution in [0.3, 0.4) is 0 Å². The molecule has 10 nitrogen and oxygen atoms in total. The van der Waals surface area contributed by atoms with Crippen molar-refractivity contribution in [3.8, 4) is 17.1 Å². The van der Waals surface area contributed by atoms with Crippen molar-refractivity contribution in [2.75, 3.05) is 18.5 Å². The number of halogens is 1. The maximum atomic E-state index is 14.2. The van der Waals surface area contributed by atoms with E-state index in [9.17, 15) is 14.3 Å². The normalized spacial score (nSPS) is 12.0. The summed E-state index contributed by atoms with van der Waals surface area (Å²) in [5.74, 6) is -0.915. The van der Waals surface area contributed by atoms with Gasteiger partial charge in [-0.2, -0.15) is 10.1 Å². The first-order valence-corrected chi connectivity index (χ1v) is 9.63.